The summed E-state index contributed by atoms with van der Waals surface area (Å²) >= 11 is 0. The quantitative estimate of drug-likeness (QED) is 0.523. The highest BCUT2D eigenvalue weighted by Gasteiger charge is 2.06. The monoisotopic (exact) mass is 344 g/mol. The van der Waals surface area contributed by atoms with Crippen molar-refractivity contribution in [3.8, 4) is 0 Å². The van der Waals surface area contributed by atoms with Crippen molar-refractivity contribution in [2.75, 3.05) is 0 Å². The van der Waals surface area contributed by atoms with Gasteiger partial charge in [-0.1, -0.05) is 65.5 Å². The molecule has 2 N–H and O–H groups in total. The van der Waals surface area contributed by atoms with E-state index in [0.29, 0.717) is 0 Å². The van der Waals surface area contributed by atoms with Crippen LogP contribution in [0.4, 0.5) is 0 Å². The molecule has 0 unspecified atom stereocenters. The van der Waals surface area contributed by atoms with Crippen molar-refractivity contribution in [1.29, 1.82) is 0 Å². The van der Waals surface area contributed by atoms with Gasteiger partial charge >= 0.3 is 0 Å². The molecule has 0 saturated heterocycles. The van der Waals surface area contributed by atoms with Gasteiger partial charge in [0.2, 0.25) is 0 Å². The van der Waals surface area contributed by atoms with Crippen molar-refractivity contribution in [2.24, 2.45) is 5.73 Å². The predicted octanol–water partition coefficient (Wildman–Crippen LogP) is 7.15. The third-order valence-electron chi connectivity index (χ3n) is 3.29. The Morgan fingerprint density at radius 3 is 2.12 bits per heavy atom. The van der Waals surface area contributed by atoms with Gasteiger partial charge in [-0.25, -0.2) is 0 Å². The van der Waals surface area contributed by atoms with E-state index in [2.05, 4.69) is 69.8 Å². The lowest BCUT2D eigenvalue weighted by Gasteiger charge is -2.15. The minimum Gasteiger partial charge on any atom is -0.326 e. The zero-order chi connectivity index (χ0) is 19.9. The lowest BCUT2D eigenvalue weighted by atomic mass is 10.0. The molecular weight excluding hydrogens is 304 g/mol. The predicted molar refractivity (Wildman–Crippen MR) is 119 cm³/mol. The molecule has 0 radical (unpaired) electrons. The van der Waals surface area contributed by atoms with Crippen LogP contribution in [0.1, 0.15) is 79.0 Å². The number of hydrogen-bond acceptors (Lipinski definition) is 1. The molecular formula is C23H40N2. The van der Waals surface area contributed by atoms with Gasteiger partial charge in [-0.15, -0.1) is 0 Å². The molecule has 0 aliphatic heterocycles. The Morgan fingerprint density at radius 2 is 1.80 bits per heavy atom. The summed E-state index contributed by atoms with van der Waals surface area (Å²) < 4.78 is 2.13. The molecule has 1 aromatic heterocycles. The normalized spacial score (nSPS) is 11.3. The number of hydrogen-bond donors (Lipinski definition) is 1. The fourth-order valence-electron chi connectivity index (χ4n) is 2.34. The highest BCUT2D eigenvalue weighted by atomic mass is 15.0. The van der Waals surface area contributed by atoms with Gasteiger partial charge in [0.1, 0.15) is 0 Å². The Morgan fingerprint density at radius 1 is 1.20 bits per heavy atom. The molecule has 0 bridgehead atoms. The van der Waals surface area contributed by atoms with Gasteiger partial charge in [0.05, 0.1) is 5.69 Å². The van der Waals surface area contributed by atoms with E-state index in [0.717, 1.165) is 24.1 Å². The highest BCUT2D eigenvalue weighted by Crippen LogP contribution is 2.20. The van der Waals surface area contributed by atoms with Gasteiger partial charge in [-0.2, -0.15) is 0 Å². The van der Waals surface area contributed by atoms with Gasteiger partial charge in [-0.3, -0.25) is 0 Å². The largest absolute Gasteiger partial charge is 0.326 e. The summed E-state index contributed by atoms with van der Waals surface area (Å²) in [5.74, 6) is 0. The Balaban J connectivity index is 0. The summed E-state index contributed by atoms with van der Waals surface area (Å²) in [5, 5.41) is 0. The van der Waals surface area contributed by atoms with E-state index in [1.54, 1.807) is 0 Å². The van der Waals surface area contributed by atoms with E-state index < -0.39 is 0 Å². The van der Waals surface area contributed by atoms with Crippen LogP contribution in [0, 0.1) is 0 Å². The Hall–Kier alpha value is -1.80. The van der Waals surface area contributed by atoms with Crippen molar-refractivity contribution < 1.29 is 0 Å². The van der Waals surface area contributed by atoms with Crippen LogP contribution in [-0.4, -0.2) is 10.1 Å². The molecule has 1 heterocycles. The Bertz CT molecular complexity index is 537. The number of nitrogens with zero attached hydrogens (tertiary/aromatic N) is 1. The van der Waals surface area contributed by atoms with Crippen LogP contribution in [-0.2, 0) is 0 Å². The molecule has 0 aliphatic rings. The molecule has 1 rings (SSSR count). The fourth-order valence-corrected chi connectivity index (χ4v) is 2.34. The van der Waals surface area contributed by atoms with Gasteiger partial charge in [0.25, 0.3) is 0 Å². The molecule has 25 heavy (non-hydrogen) atoms. The first-order valence-corrected chi connectivity index (χ1v) is 9.42. The summed E-state index contributed by atoms with van der Waals surface area (Å²) in [6.07, 6.45) is 15.4. The maximum absolute atomic E-state index is 5.65. The molecule has 0 amide bonds. The summed E-state index contributed by atoms with van der Waals surface area (Å²) in [6, 6.07) is 2.05. The molecule has 2 heteroatoms. The van der Waals surface area contributed by atoms with Crippen molar-refractivity contribution >= 4 is 17.8 Å². The summed E-state index contributed by atoms with van der Waals surface area (Å²) in [7, 11) is 0. The van der Waals surface area contributed by atoms with Crippen molar-refractivity contribution in [3.63, 3.8) is 0 Å². The topological polar surface area (TPSA) is 30.9 Å². The van der Waals surface area contributed by atoms with E-state index in [1.807, 2.05) is 39.0 Å². The van der Waals surface area contributed by atoms with Crippen molar-refractivity contribution in [2.45, 2.75) is 73.3 Å². The van der Waals surface area contributed by atoms with Crippen LogP contribution in [0.15, 0.2) is 43.6 Å². The van der Waals surface area contributed by atoms with Crippen LogP contribution < -0.4 is 5.73 Å². The van der Waals surface area contributed by atoms with Crippen molar-refractivity contribution in [3.05, 3.63) is 54.9 Å². The standard InChI is InChI=1S/C15H19N.C6H15N.C2H6/c1-5-9-14(10-6-2)16-12-11-13(7-3)15(16)8-4;1-4-5-6(2,3)7;1-2/h5,7-12H,3-4,6H2,1-2H3;4-5,7H2,1-3H3;1-2H3/b9-5-,14-10+;;. The van der Waals surface area contributed by atoms with Crippen LogP contribution in [0.3, 0.4) is 0 Å². The smallest absolute Gasteiger partial charge is 0.0522 e. The lowest BCUT2D eigenvalue weighted by Crippen LogP contribution is -2.31. The molecule has 0 spiro atoms. The minimum atomic E-state index is 0.0503. The number of rotatable bonds is 7. The Labute approximate surface area is 156 Å². The number of aromatic nitrogens is 1. The number of nitrogens with two attached hydrogens (primary N) is 1. The first-order valence-electron chi connectivity index (χ1n) is 9.42. The maximum Gasteiger partial charge on any atom is 0.0522 e. The SMILES string of the molecule is C=Cc1ccn(C(/C=C\C)=C/CC)c1C=C.CC.CCCC(C)(C)N. The minimum absolute atomic E-state index is 0.0503. The first kappa shape index (κ1) is 25.4. The van der Waals surface area contributed by atoms with Gasteiger partial charge < -0.3 is 10.3 Å². The van der Waals surface area contributed by atoms with Gasteiger partial charge in [-0.05, 0) is 57.4 Å². The highest BCUT2D eigenvalue weighted by molar-refractivity contribution is 5.69. The molecule has 1 aromatic rings. The van der Waals surface area contributed by atoms with Crippen LogP contribution in [0.5, 0.6) is 0 Å². The molecule has 0 fully saturated rings. The second kappa shape index (κ2) is 14.5. The van der Waals surface area contributed by atoms with Crippen LogP contribution >= 0.6 is 0 Å². The van der Waals surface area contributed by atoms with Gasteiger partial charge in [0.15, 0.2) is 0 Å². The summed E-state index contributed by atoms with van der Waals surface area (Å²) in [4.78, 5) is 0. The molecule has 142 valence electrons. The van der Waals surface area contributed by atoms with Crippen LogP contribution in [0.2, 0.25) is 0 Å². The number of allylic oxidation sites excluding steroid dienone is 4. The fraction of sp³-hybridized carbons (Fsp3) is 0.478. The zero-order valence-electron chi connectivity index (χ0n) is 17.6. The first-order chi connectivity index (χ1) is 11.8. The third-order valence-corrected chi connectivity index (χ3v) is 3.29. The average molecular weight is 345 g/mol. The maximum atomic E-state index is 5.65. The zero-order valence-corrected chi connectivity index (χ0v) is 17.6. The average Bonchev–Trinajstić information content (AvgIpc) is 2.99. The molecule has 0 saturated carbocycles. The van der Waals surface area contributed by atoms with Crippen LogP contribution in [0.25, 0.3) is 17.8 Å². The third kappa shape index (κ3) is 10.6. The second-order valence-electron chi connectivity index (χ2n) is 6.21. The molecule has 0 atom stereocenters. The molecule has 0 aliphatic carbocycles. The summed E-state index contributed by atoms with van der Waals surface area (Å²) in [5.41, 5.74) is 9.07. The van der Waals surface area contributed by atoms with E-state index in [-0.39, 0.29) is 5.54 Å². The van der Waals surface area contributed by atoms with Crippen molar-refractivity contribution in [1.82, 2.24) is 4.57 Å². The van der Waals surface area contributed by atoms with E-state index in [1.165, 1.54) is 12.1 Å². The van der Waals surface area contributed by atoms with E-state index >= 15 is 0 Å². The van der Waals surface area contributed by atoms with E-state index in [4.69, 9.17) is 5.73 Å². The van der Waals surface area contributed by atoms with E-state index in [9.17, 15) is 0 Å². The lowest BCUT2D eigenvalue weighted by molar-refractivity contribution is 0.470. The van der Waals surface area contributed by atoms with Gasteiger partial charge in [0, 0.05) is 17.4 Å². The molecule has 0 aromatic carbocycles. The Kier molecular flexibility index (Phi) is 14.8. The molecule has 2 nitrogen and oxygen atoms in total. The summed E-state index contributed by atoms with van der Waals surface area (Å²) in [6.45, 7) is 22.1. The second-order valence-corrected chi connectivity index (χ2v) is 6.21.